The fraction of sp³-hybridized carbons (Fsp3) is 0.571. The molecule has 2 rings (SSSR count). The van der Waals surface area contributed by atoms with Crippen LogP contribution in [0.3, 0.4) is 0 Å². The molecular weight excluding hydrogens is 328 g/mol. The van der Waals surface area contributed by atoms with Crippen LogP contribution in [0.5, 0.6) is 11.5 Å². The Kier molecular flexibility index (Phi) is 7.37. The molecule has 0 fully saturated rings. The molecule has 26 heavy (non-hydrogen) atoms. The second-order valence-corrected chi connectivity index (χ2v) is 6.99. The molecule has 1 aromatic heterocycles. The van der Waals surface area contributed by atoms with Crippen molar-refractivity contribution in [3.63, 3.8) is 0 Å². The second-order valence-electron chi connectivity index (χ2n) is 6.99. The Morgan fingerprint density at radius 2 is 1.81 bits per heavy atom. The smallest absolute Gasteiger partial charge is 0.297 e. The number of aryl methyl sites for hydroxylation is 1. The van der Waals surface area contributed by atoms with Crippen LogP contribution in [0, 0.1) is 0 Å². The maximum Gasteiger partial charge on any atom is 0.297 e. The first kappa shape index (κ1) is 20.1. The summed E-state index contributed by atoms with van der Waals surface area (Å²) in [6, 6.07) is 5.77. The van der Waals surface area contributed by atoms with Crippen LogP contribution in [0.1, 0.15) is 52.4 Å². The number of aromatic hydroxyl groups is 1. The molecule has 0 bridgehead atoms. The molecule has 0 saturated heterocycles. The predicted octanol–water partition coefficient (Wildman–Crippen LogP) is 4.53. The Balaban J connectivity index is 2.46. The van der Waals surface area contributed by atoms with Gasteiger partial charge < -0.3 is 19.3 Å². The van der Waals surface area contributed by atoms with Gasteiger partial charge in [-0.25, -0.2) is 0 Å². The maximum absolute atomic E-state index is 13.0. The molecule has 0 unspecified atom stereocenters. The number of nitrogens with zero attached hydrogens (tertiary/aromatic N) is 2. The van der Waals surface area contributed by atoms with E-state index in [1.807, 2.05) is 37.2 Å². The highest BCUT2D eigenvalue weighted by molar-refractivity contribution is 5.90. The Morgan fingerprint density at radius 1 is 1.08 bits per heavy atom. The van der Waals surface area contributed by atoms with Crippen molar-refractivity contribution in [2.45, 2.75) is 58.9 Å². The lowest BCUT2D eigenvalue weighted by molar-refractivity contribution is 0.284. The summed E-state index contributed by atoms with van der Waals surface area (Å²) in [5.41, 5.74) is 1.51. The van der Waals surface area contributed by atoms with Gasteiger partial charge in [0.25, 0.3) is 5.56 Å². The molecule has 0 amide bonds. The topological polar surface area (TPSA) is 54.7 Å². The fourth-order valence-corrected chi connectivity index (χ4v) is 3.05. The molecular formula is C21H32N2O3. The van der Waals surface area contributed by atoms with Crippen LogP contribution < -0.4 is 15.2 Å². The van der Waals surface area contributed by atoms with Gasteiger partial charge in [-0.3, -0.25) is 4.79 Å². The fourth-order valence-electron chi connectivity index (χ4n) is 3.05. The van der Waals surface area contributed by atoms with E-state index in [-0.39, 0.29) is 17.1 Å². The highest BCUT2D eigenvalue weighted by atomic mass is 16.5. The van der Waals surface area contributed by atoms with Crippen molar-refractivity contribution in [2.24, 2.45) is 0 Å². The highest BCUT2D eigenvalue weighted by Crippen LogP contribution is 2.33. The third-order valence-electron chi connectivity index (χ3n) is 4.68. The van der Waals surface area contributed by atoms with Crippen molar-refractivity contribution >= 4 is 16.6 Å². The lowest BCUT2D eigenvalue weighted by atomic mass is 10.1. The average Bonchev–Trinajstić information content (AvgIpc) is 2.63. The Morgan fingerprint density at radius 3 is 2.46 bits per heavy atom. The summed E-state index contributed by atoms with van der Waals surface area (Å²) >= 11 is 0. The Bertz CT molecular complexity index is 781. The van der Waals surface area contributed by atoms with Crippen LogP contribution in [-0.2, 0) is 6.54 Å². The summed E-state index contributed by atoms with van der Waals surface area (Å²) in [5.74, 6) is 0.0428. The lowest BCUT2D eigenvalue weighted by Gasteiger charge is -2.18. The minimum atomic E-state index is -0.241. The summed E-state index contributed by atoms with van der Waals surface area (Å²) in [6.45, 7) is 5.33. The van der Waals surface area contributed by atoms with Crippen molar-refractivity contribution in [1.29, 1.82) is 0 Å². The molecule has 144 valence electrons. The lowest BCUT2D eigenvalue weighted by Crippen LogP contribution is -2.23. The van der Waals surface area contributed by atoms with Gasteiger partial charge in [0.15, 0.2) is 5.75 Å². The number of anilines is 1. The zero-order valence-corrected chi connectivity index (χ0v) is 16.5. The van der Waals surface area contributed by atoms with Crippen molar-refractivity contribution in [1.82, 2.24) is 4.57 Å². The van der Waals surface area contributed by atoms with Gasteiger partial charge in [0.2, 0.25) is 5.75 Å². The van der Waals surface area contributed by atoms with Gasteiger partial charge in [-0.1, -0.05) is 39.5 Å². The Hall–Kier alpha value is -2.17. The average molecular weight is 360 g/mol. The summed E-state index contributed by atoms with van der Waals surface area (Å²) in [5, 5.41) is 11.3. The molecule has 0 aliphatic heterocycles. The number of pyridine rings is 1. The van der Waals surface area contributed by atoms with E-state index in [0.717, 1.165) is 49.7 Å². The zero-order chi connectivity index (χ0) is 19.1. The van der Waals surface area contributed by atoms with Crippen molar-refractivity contribution in [3.05, 3.63) is 28.6 Å². The monoisotopic (exact) mass is 360 g/mol. The number of fused-ring (bicyclic) bond motifs is 1. The number of aromatic nitrogens is 1. The summed E-state index contributed by atoms with van der Waals surface area (Å²) in [6.07, 6.45) is 6.16. The van der Waals surface area contributed by atoms with Crippen LogP contribution in [-0.4, -0.2) is 30.4 Å². The minimum absolute atomic E-state index is 0.0430. The van der Waals surface area contributed by atoms with Crippen LogP contribution in [0.2, 0.25) is 0 Å². The number of unbranched alkanes of at least 4 members (excludes halogenated alkanes) is 4. The molecule has 0 radical (unpaired) electrons. The van der Waals surface area contributed by atoms with Gasteiger partial charge in [0.1, 0.15) is 0 Å². The predicted molar refractivity (Wildman–Crippen MR) is 109 cm³/mol. The summed E-state index contributed by atoms with van der Waals surface area (Å²) in [4.78, 5) is 15.0. The second kappa shape index (κ2) is 9.51. The van der Waals surface area contributed by atoms with Crippen molar-refractivity contribution in [3.8, 4) is 11.5 Å². The van der Waals surface area contributed by atoms with E-state index in [2.05, 4.69) is 13.8 Å². The van der Waals surface area contributed by atoms with E-state index in [4.69, 9.17) is 4.74 Å². The minimum Gasteiger partial charge on any atom is -0.504 e. The van der Waals surface area contributed by atoms with E-state index >= 15 is 0 Å². The number of hydrogen-bond acceptors (Lipinski definition) is 4. The van der Waals surface area contributed by atoms with Gasteiger partial charge in [0.05, 0.1) is 12.1 Å². The molecule has 5 heteroatoms. The van der Waals surface area contributed by atoms with Gasteiger partial charge in [-0.15, -0.1) is 0 Å². The van der Waals surface area contributed by atoms with Crippen LogP contribution in [0.4, 0.5) is 5.69 Å². The van der Waals surface area contributed by atoms with Crippen LogP contribution in [0.25, 0.3) is 10.9 Å². The normalized spacial score (nSPS) is 11.1. The molecule has 5 nitrogen and oxygen atoms in total. The number of benzene rings is 1. The van der Waals surface area contributed by atoms with Crippen molar-refractivity contribution < 1.29 is 9.84 Å². The molecule has 0 spiro atoms. The van der Waals surface area contributed by atoms with Gasteiger partial charge in [-0.2, -0.15) is 0 Å². The molecule has 0 saturated carbocycles. The first-order valence-corrected chi connectivity index (χ1v) is 9.70. The maximum atomic E-state index is 13.0. The van der Waals surface area contributed by atoms with Gasteiger partial charge in [0, 0.05) is 31.7 Å². The first-order chi connectivity index (χ1) is 12.5. The van der Waals surface area contributed by atoms with E-state index in [9.17, 15) is 9.90 Å². The van der Waals surface area contributed by atoms with E-state index < -0.39 is 0 Å². The molecule has 0 atom stereocenters. The number of ether oxygens (including phenoxy) is 1. The highest BCUT2D eigenvalue weighted by Gasteiger charge is 2.18. The third-order valence-corrected chi connectivity index (χ3v) is 4.68. The molecule has 0 aliphatic rings. The van der Waals surface area contributed by atoms with Crippen LogP contribution in [0.15, 0.2) is 23.0 Å². The van der Waals surface area contributed by atoms with Gasteiger partial charge >= 0.3 is 0 Å². The zero-order valence-electron chi connectivity index (χ0n) is 16.5. The summed E-state index contributed by atoms with van der Waals surface area (Å²) in [7, 11) is 3.92. The van der Waals surface area contributed by atoms with E-state index in [1.54, 1.807) is 4.57 Å². The molecule has 1 N–H and O–H groups in total. The Labute approximate surface area is 156 Å². The third kappa shape index (κ3) is 4.51. The molecule has 0 aliphatic carbocycles. The van der Waals surface area contributed by atoms with E-state index in [1.165, 1.54) is 0 Å². The SMILES string of the molecule is CCCCCCOc1c(O)c2ccc(N(C)C)cc2n(CCCC)c1=O. The van der Waals surface area contributed by atoms with E-state index in [0.29, 0.717) is 18.5 Å². The molecule has 2 aromatic rings. The van der Waals surface area contributed by atoms with Crippen molar-refractivity contribution in [2.75, 3.05) is 25.6 Å². The number of rotatable bonds is 10. The first-order valence-electron chi connectivity index (χ1n) is 9.70. The number of hydrogen-bond donors (Lipinski definition) is 1. The largest absolute Gasteiger partial charge is 0.504 e. The molecule has 1 heterocycles. The summed E-state index contributed by atoms with van der Waals surface area (Å²) < 4.78 is 7.47. The quantitative estimate of drug-likeness (QED) is 0.632. The van der Waals surface area contributed by atoms with Gasteiger partial charge in [-0.05, 0) is 31.0 Å². The van der Waals surface area contributed by atoms with Crippen LogP contribution >= 0.6 is 0 Å². The molecule has 1 aromatic carbocycles. The standard InChI is InChI=1S/C21H32N2O3/c1-5-7-9-10-14-26-20-19(24)17-12-11-16(22(3)4)15-18(17)23(21(20)25)13-8-6-2/h11-12,15,24H,5-10,13-14H2,1-4H3.